The Kier molecular flexibility index (Phi) is 3.12. The third-order valence-corrected chi connectivity index (χ3v) is 2.78. The lowest BCUT2D eigenvalue weighted by Gasteiger charge is -2.10. The molecule has 0 saturated heterocycles. The topological polar surface area (TPSA) is 106 Å². The molecule has 98 valence electrons. The normalized spacial score (nSPS) is 15.2. The molecular formula is C10H12N2O5S. The van der Waals surface area contributed by atoms with Crippen molar-refractivity contribution in [3.05, 3.63) is 18.0 Å². The van der Waals surface area contributed by atoms with Crippen molar-refractivity contribution in [2.45, 2.75) is 18.9 Å². The molecule has 0 bridgehead atoms. The van der Waals surface area contributed by atoms with Crippen molar-refractivity contribution in [2.24, 2.45) is 0 Å². The highest BCUT2D eigenvalue weighted by molar-refractivity contribution is 7.92. The highest BCUT2D eigenvalue weighted by atomic mass is 32.2. The lowest BCUT2D eigenvalue weighted by atomic mass is 10.3. The third kappa shape index (κ3) is 3.33. The molecule has 8 heteroatoms. The Hall–Kier alpha value is -1.83. The minimum absolute atomic E-state index is 0.0943. The molecule has 0 aromatic carbocycles. The maximum atomic E-state index is 11.1. The number of aromatic carboxylic acids is 1. The first-order valence-corrected chi connectivity index (χ1v) is 7.12. The first-order valence-electron chi connectivity index (χ1n) is 5.23. The summed E-state index contributed by atoms with van der Waals surface area (Å²) in [5, 5.41) is 8.91. The van der Waals surface area contributed by atoms with Gasteiger partial charge >= 0.3 is 5.97 Å². The van der Waals surface area contributed by atoms with E-state index in [1.54, 1.807) is 0 Å². The van der Waals surface area contributed by atoms with Gasteiger partial charge in [-0.15, -0.1) is 0 Å². The van der Waals surface area contributed by atoms with Crippen LogP contribution in [0.4, 0.5) is 5.69 Å². The SMILES string of the molecule is CS(=O)(=O)Nc1cc(OC2CC2)cnc1C(=O)O. The first kappa shape index (κ1) is 12.6. The molecule has 1 aromatic heterocycles. The molecule has 0 aliphatic heterocycles. The van der Waals surface area contributed by atoms with E-state index >= 15 is 0 Å². The highest BCUT2D eigenvalue weighted by Crippen LogP contribution is 2.28. The van der Waals surface area contributed by atoms with Crippen molar-refractivity contribution < 1.29 is 23.1 Å². The van der Waals surface area contributed by atoms with E-state index in [1.807, 2.05) is 0 Å². The van der Waals surface area contributed by atoms with Gasteiger partial charge in [0.1, 0.15) is 5.75 Å². The molecule has 1 aliphatic carbocycles. The minimum atomic E-state index is -3.57. The summed E-state index contributed by atoms with van der Waals surface area (Å²) in [6, 6.07) is 1.33. The summed E-state index contributed by atoms with van der Waals surface area (Å²) in [4.78, 5) is 14.6. The summed E-state index contributed by atoms with van der Waals surface area (Å²) >= 11 is 0. The quantitative estimate of drug-likeness (QED) is 0.817. The van der Waals surface area contributed by atoms with Gasteiger partial charge in [-0.1, -0.05) is 0 Å². The molecular weight excluding hydrogens is 260 g/mol. The summed E-state index contributed by atoms with van der Waals surface area (Å²) in [5.74, 6) is -0.951. The van der Waals surface area contributed by atoms with Crippen LogP contribution in [0.2, 0.25) is 0 Å². The molecule has 1 aromatic rings. The number of pyridine rings is 1. The van der Waals surface area contributed by atoms with Crippen molar-refractivity contribution in [3.8, 4) is 5.75 Å². The zero-order chi connectivity index (χ0) is 13.3. The Labute approximate surface area is 104 Å². The molecule has 0 spiro atoms. The predicted octanol–water partition coefficient (Wildman–Crippen LogP) is 0.692. The van der Waals surface area contributed by atoms with Crippen molar-refractivity contribution in [3.63, 3.8) is 0 Å². The maximum absolute atomic E-state index is 11.1. The number of ether oxygens (including phenoxy) is 1. The summed E-state index contributed by atoms with van der Waals surface area (Å²) < 4.78 is 29.8. The number of carbonyl (C=O) groups is 1. The third-order valence-electron chi connectivity index (χ3n) is 2.19. The van der Waals surface area contributed by atoms with Gasteiger partial charge in [0.05, 0.1) is 24.2 Å². The Morgan fingerprint density at radius 1 is 1.56 bits per heavy atom. The fraction of sp³-hybridized carbons (Fsp3) is 0.400. The van der Waals surface area contributed by atoms with E-state index in [0.717, 1.165) is 19.1 Å². The van der Waals surface area contributed by atoms with Gasteiger partial charge in [-0.3, -0.25) is 4.72 Å². The van der Waals surface area contributed by atoms with Crippen LogP contribution in [-0.4, -0.2) is 36.8 Å². The van der Waals surface area contributed by atoms with Gasteiger partial charge < -0.3 is 9.84 Å². The smallest absolute Gasteiger partial charge is 0.356 e. The summed E-state index contributed by atoms with van der Waals surface area (Å²) in [6.07, 6.45) is 4.21. The van der Waals surface area contributed by atoms with E-state index in [2.05, 4.69) is 9.71 Å². The van der Waals surface area contributed by atoms with E-state index in [4.69, 9.17) is 9.84 Å². The van der Waals surface area contributed by atoms with Crippen molar-refractivity contribution in [2.75, 3.05) is 11.0 Å². The van der Waals surface area contributed by atoms with Crippen LogP contribution >= 0.6 is 0 Å². The number of sulfonamides is 1. The van der Waals surface area contributed by atoms with E-state index in [-0.39, 0.29) is 17.5 Å². The van der Waals surface area contributed by atoms with Crippen LogP contribution in [0.5, 0.6) is 5.75 Å². The van der Waals surface area contributed by atoms with Gasteiger partial charge in [0.15, 0.2) is 5.69 Å². The van der Waals surface area contributed by atoms with Gasteiger partial charge in [-0.25, -0.2) is 18.2 Å². The maximum Gasteiger partial charge on any atom is 0.356 e. The zero-order valence-electron chi connectivity index (χ0n) is 9.58. The number of aromatic nitrogens is 1. The highest BCUT2D eigenvalue weighted by Gasteiger charge is 2.24. The summed E-state index contributed by atoms with van der Waals surface area (Å²) in [7, 11) is -3.57. The van der Waals surface area contributed by atoms with E-state index in [1.165, 1.54) is 12.3 Å². The second-order valence-electron chi connectivity index (χ2n) is 4.06. The average Bonchev–Trinajstić information content (AvgIpc) is 2.98. The van der Waals surface area contributed by atoms with Crippen LogP contribution in [0.15, 0.2) is 12.3 Å². The lowest BCUT2D eigenvalue weighted by Crippen LogP contribution is -2.14. The Balaban J connectivity index is 2.33. The molecule has 1 fully saturated rings. The number of carboxylic acids is 1. The van der Waals surface area contributed by atoms with Crippen LogP contribution in [0.1, 0.15) is 23.3 Å². The van der Waals surface area contributed by atoms with Gasteiger partial charge in [-0.2, -0.15) is 0 Å². The first-order chi connectivity index (χ1) is 8.35. The van der Waals surface area contributed by atoms with Gasteiger partial charge in [0.2, 0.25) is 10.0 Å². The molecule has 1 saturated carbocycles. The number of rotatable bonds is 5. The number of carboxylic acid groups (broad SMARTS) is 1. The van der Waals surface area contributed by atoms with Crippen molar-refractivity contribution in [1.82, 2.24) is 4.98 Å². The molecule has 0 amide bonds. The van der Waals surface area contributed by atoms with Crippen LogP contribution < -0.4 is 9.46 Å². The fourth-order valence-corrected chi connectivity index (χ4v) is 1.89. The lowest BCUT2D eigenvalue weighted by molar-refractivity contribution is 0.0691. The van der Waals surface area contributed by atoms with Gasteiger partial charge in [0.25, 0.3) is 0 Å². The van der Waals surface area contributed by atoms with E-state index in [0.29, 0.717) is 5.75 Å². The molecule has 0 radical (unpaired) electrons. The number of anilines is 1. The van der Waals surface area contributed by atoms with Gasteiger partial charge in [0, 0.05) is 6.07 Å². The molecule has 7 nitrogen and oxygen atoms in total. The Bertz CT molecular complexity index is 580. The van der Waals surface area contributed by atoms with Crippen molar-refractivity contribution in [1.29, 1.82) is 0 Å². The van der Waals surface area contributed by atoms with Crippen LogP contribution in [0.25, 0.3) is 0 Å². The minimum Gasteiger partial charge on any atom is -0.489 e. The summed E-state index contributed by atoms with van der Waals surface area (Å²) in [5.41, 5.74) is -0.452. The standard InChI is InChI=1S/C10H12N2O5S/c1-18(15,16)12-8-4-7(17-6-2-3-6)5-11-9(8)10(13)14/h4-6,12H,2-3H2,1H3,(H,13,14). The largest absolute Gasteiger partial charge is 0.489 e. The number of hydrogen-bond donors (Lipinski definition) is 2. The van der Waals surface area contributed by atoms with Gasteiger partial charge in [-0.05, 0) is 12.8 Å². The molecule has 2 N–H and O–H groups in total. The van der Waals surface area contributed by atoms with Crippen LogP contribution in [0, 0.1) is 0 Å². The fourth-order valence-electron chi connectivity index (χ4n) is 1.34. The Morgan fingerprint density at radius 3 is 2.72 bits per heavy atom. The summed E-state index contributed by atoms with van der Waals surface area (Å²) in [6.45, 7) is 0. The average molecular weight is 272 g/mol. The monoisotopic (exact) mass is 272 g/mol. The molecule has 0 atom stereocenters. The molecule has 0 unspecified atom stereocenters. The van der Waals surface area contributed by atoms with Crippen LogP contribution in [0.3, 0.4) is 0 Å². The van der Waals surface area contributed by atoms with E-state index < -0.39 is 16.0 Å². The number of nitrogens with one attached hydrogen (secondary N) is 1. The second-order valence-corrected chi connectivity index (χ2v) is 5.81. The zero-order valence-corrected chi connectivity index (χ0v) is 10.4. The second kappa shape index (κ2) is 4.45. The van der Waals surface area contributed by atoms with Crippen molar-refractivity contribution >= 4 is 21.7 Å². The number of hydrogen-bond acceptors (Lipinski definition) is 5. The Morgan fingerprint density at radius 2 is 2.22 bits per heavy atom. The molecule has 2 rings (SSSR count). The van der Waals surface area contributed by atoms with E-state index in [9.17, 15) is 13.2 Å². The molecule has 1 aliphatic rings. The molecule has 1 heterocycles. The predicted molar refractivity (Wildman–Crippen MR) is 63.3 cm³/mol. The van der Waals surface area contributed by atoms with Crippen LogP contribution in [-0.2, 0) is 10.0 Å². The number of nitrogens with zero attached hydrogens (tertiary/aromatic N) is 1. The molecule has 18 heavy (non-hydrogen) atoms.